The number of aliphatic carboxylic acids is 1. The number of carboxylic acids is 1. The zero-order chi connectivity index (χ0) is 23.5. The quantitative estimate of drug-likeness (QED) is 0.421. The lowest BCUT2D eigenvalue weighted by atomic mass is 9.87. The Bertz CT molecular complexity index is 1230. The number of hydrogen-bond donors (Lipinski definition) is 2. The van der Waals surface area contributed by atoms with Crippen LogP contribution in [0.15, 0.2) is 66.4 Å². The smallest absolute Gasteiger partial charge is 0.328 e. The van der Waals surface area contributed by atoms with E-state index in [1.165, 1.54) is 28.2 Å². The molecule has 4 nitrogen and oxygen atoms in total. The third-order valence-electron chi connectivity index (χ3n) is 7.14. The van der Waals surface area contributed by atoms with Crippen LogP contribution in [-0.2, 0) is 17.6 Å². The van der Waals surface area contributed by atoms with Crippen molar-refractivity contribution in [3.63, 3.8) is 0 Å². The Hall–Kier alpha value is -3.18. The summed E-state index contributed by atoms with van der Waals surface area (Å²) in [6, 6.07) is 15.2. The molecule has 1 aliphatic heterocycles. The first-order valence-corrected chi connectivity index (χ1v) is 12.2. The maximum absolute atomic E-state index is 12.4. The van der Waals surface area contributed by atoms with E-state index in [-0.39, 0.29) is 6.67 Å². The van der Waals surface area contributed by atoms with E-state index in [0.29, 0.717) is 12.3 Å². The Labute approximate surface area is 199 Å². The van der Waals surface area contributed by atoms with Crippen molar-refractivity contribution in [3.8, 4) is 0 Å². The van der Waals surface area contributed by atoms with Gasteiger partial charge in [0.1, 0.15) is 0 Å². The highest BCUT2D eigenvalue weighted by atomic mass is 19.1. The Morgan fingerprint density at radius 2 is 1.94 bits per heavy atom. The molecule has 5 rings (SSSR count). The van der Waals surface area contributed by atoms with Crippen LogP contribution >= 0.6 is 0 Å². The van der Waals surface area contributed by atoms with Crippen molar-refractivity contribution in [2.45, 2.75) is 32.1 Å². The van der Waals surface area contributed by atoms with Crippen LogP contribution < -0.4 is 0 Å². The number of carbonyl (C=O) groups is 1. The molecule has 2 aromatic carbocycles. The molecule has 1 aromatic heterocycles. The van der Waals surface area contributed by atoms with E-state index in [4.69, 9.17) is 0 Å². The summed E-state index contributed by atoms with van der Waals surface area (Å²) < 4.78 is 12.4. The van der Waals surface area contributed by atoms with Gasteiger partial charge < -0.3 is 15.0 Å². The first-order valence-electron chi connectivity index (χ1n) is 12.2. The number of aromatic nitrogens is 1. The molecule has 0 amide bonds. The number of hydrogen-bond acceptors (Lipinski definition) is 2. The van der Waals surface area contributed by atoms with E-state index in [9.17, 15) is 14.3 Å². The Morgan fingerprint density at radius 1 is 1.12 bits per heavy atom. The maximum Gasteiger partial charge on any atom is 0.328 e. The minimum absolute atomic E-state index is 0.235. The second-order valence-corrected chi connectivity index (χ2v) is 9.53. The lowest BCUT2D eigenvalue weighted by Gasteiger charge is -2.39. The van der Waals surface area contributed by atoms with Crippen LogP contribution in [-0.4, -0.2) is 47.3 Å². The second-order valence-electron chi connectivity index (χ2n) is 9.53. The molecule has 0 unspecified atom stereocenters. The van der Waals surface area contributed by atoms with Crippen LogP contribution in [0.25, 0.3) is 16.5 Å². The zero-order valence-corrected chi connectivity index (χ0v) is 19.4. The van der Waals surface area contributed by atoms with Gasteiger partial charge in [-0.25, -0.2) is 4.79 Å². The number of rotatable bonds is 8. The van der Waals surface area contributed by atoms with Gasteiger partial charge in [0.25, 0.3) is 0 Å². The van der Waals surface area contributed by atoms with Gasteiger partial charge in [-0.05, 0) is 83.6 Å². The number of alkyl halides is 1. The third kappa shape index (κ3) is 4.71. The van der Waals surface area contributed by atoms with E-state index in [1.807, 2.05) is 6.20 Å². The molecule has 0 atom stereocenters. The van der Waals surface area contributed by atoms with E-state index in [2.05, 4.69) is 52.3 Å². The van der Waals surface area contributed by atoms with Gasteiger partial charge in [0, 0.05) is 42.8 Å². The predicted octanol–water partition coefficient (Wildman–Crippen LogP) is 5.78. The fourth-order valence-corrected chi connectivity index (χ4v) is 5.54. The average Bonchev–Trinajstić information content (AvgIpc) is 3.21. The predicted molar refractivity (Wildman–Crippen MR) is 135 cm³/mol. The monoisotopic (exact) mass is 458 g/mol. The summed E-state index contributed by atoms with van der Waals surface area (Å²) in [6.45, 7) is 2.73. The van der Waals surface area contributed by atoms with Crippen molar-refractivity contribution in [2.24, 2.45) is 5.92 Å². The number of allylic oxidation sites excluding steroid dienone is 2. The van der Waals surface area contributed by atoms with Gasteiger partial charge in [0.2, 0.25) is 0 Å². The van der Waals surface area contributed by atoms with Crippen molar-refractivity contribution in [2.75, 3.05) is 26.3 Å². The summed E-state index contributed by atoms with van der Waals surface area (Å²) in [4.78, 5) is 16.9. The van der Waals surface area contributed by atoms with Crippen molar-refractivity contribution in [1.29, 1.82) is 0 Å². The molecule has 5 heteroatoms. The Kier molecular flexibility index (Phi) is 6.63. The van der Waals surface area contributed by atoms with Crippen LogP contribution in [0.5, 0.6) is 0 Å². The molecule has 0 bridgehead atoms. The van der Waals surface area contributed by atoms with Crippen LogP contribution in [0.3, 0.4) is 0 Å². The van der Waals surface area contributed by atoms with Gasteiger partial charge in [-0.15, -0.1) is 0 Å². The first-order chi connectivity index (χ1) is 16.6. The largest absolute Gasteiger partial charge is 0.478 e. The Balaban J connectivity index is 1.45. The van der Waals surface area contributed by atoms with Crippen LogP contribution in [0.1, 0.15) is 41.5 Å². The summed E-state index contributed by atoms with van der Waals surface area (Å²) in [5, 5.41) is 10.5. The minimum atomic E-state index is -0.922. The van der Waals surface area contributed by atoms with E-state index in [0.717, 1.165) is 67.5 Å². The summed E-state index contributed by atoms with van der Waals surface area (Å²) in [7, 11) is 0. The van der Waals surface area contributed by atoms with Gasteiger partial charge in [0.05, 0.1) is 6.67 Å². The highest BCUT2D eigenvalue weighted by Crippen LogP contribution is 2.38. The number of aryl methyl sites for hydroxylation is 1. The molecule has 2 heterocycles. The summed E-state index contributed by atoms with van der Waals surface area (Å²) in [5.41, 5.74) is 8.33. The topological polar surface area (TPSA) is 56.3 Å². The average molecular weight is 459 g/mol. The number of benzene rings is 2. The number of nitrogens with zero attached hydrogens (tertiary/aromatic N) is 1. The zero-order valence-electron chi connectivity index (χ0n) is 19.4. The highest BCUT2D eigenvalue weighted by molar-refractivity contribution is 5.94. The molecule has 1 fully saturated rings. The molecule has 0 saturated carbocycles. The lowest BCUT2D eigenvalue weighted by Crippen LogP contribution is -2.47. The number of nitrogens with one attached hydrogen (secondary N) is 1. The molecule has 34 heavy (non-hydrogen) atoms. The SMILES string of the molecule is O=C(O)/C=C/C1=C(c2ccc(CC3CN(CCCF)C3)cc2)c2ccc3[nH]ccc3c2CCC1. The Morgan fingerprint density at radius 3 is 2.71 bits per heavy atom. The van der Waals surface area contributed by atoms with Gasteiger partial charge in [-0.3, -0.25) is 4.39 Å². The maximum atomic E-state index is 12.4. The molecule has 2 aliphatic rings. The molecule has 1 aliphatic carbocycles. The molecule has 0 radical (unpaired) electrons. The van der Waals surface area contributed by atoms with Gasteiger partial charge in [0.15, 0.2) is 0 Å². The van der Waals surface area contributed by atoms with Gasteiger partial charge >= 0.3 is 5.97 Å². The third-order valence-corrected chi connectivity index (χ3v) is 7.14. The molecular weight excluding hydrogens is 427 g/mol. The van der Waals surface area contributed by atoms with E-state index in [1.54, 1.807) is 6.08 Å². The number of carboxylic acid groups (broad SMARTS) is 1. The molecule has 2 N–H and O–H groups in total. The normalized spacial score (nSPS) is 17.2. The summed E-state index contributed by atoms with van der Waals surface area (Å²) in [5.74, 6) is -0.284. The second kappa shape index (κ2) is 9.98. The standard InChI is InChI=1S/C29H31FN2O2/c30-14-2-16-32-18-21(19-32)17-20-5-7-23(8-6-20)29-22(9-12-28(33)34)3-1-4-24-25-13-15-31-27(25)11-10-26(24)29/h5-13,15,21,31H,1-4,14,16-19H2,(H,33,34)/b12-9+. The number of aromatic amines is 1. The van der Waals surface area contributed by atoms with Crippen molar-refractivity contribution >= 4 is 22.4 Å². The molecular formula is C29H31FN2O2. The number of fused-ring (bicyclic) bond motifs is 3. The highest BCUT2D eigenvalue weighted by Gasteiger charge is 2.26. The van der Waals surface area contributed by atoms with Crippen molar-refractivity contribution in [3.05, 3.63) is 88.6 Å². The van der Waals surface area contributed by atoms with Gasteiger partial charge in [-0.1, -0.05) is 36.4 Å². The van der Waals surface area contributed by atoms with E-state index >= 15 is 0 Å². The molecule has 3 aromatic rings. The van der Waals surface area contributed by atoms with Crippen molar-refractivity contribution < 1.29 is 14.3 Å². The summed E-state index contributed by atoms with van der Waals surface area (Å²) in [6.07, 6.45) is 9.49. The van der Waals surface area contributed by atoms with Crippen LogP contribution in [0, 0.1) is 5.92 Å². The summed E-state index contributed by atoms with van der Waals surface area (Å²) >= 11 is 0. The van der Waals surface area contributed by atoms with Gasteiger partial charge in [-0.2, -0.15) is 0 Å². The molecule has 1 saturated heterocycles. The van der Waals surface area contributed by atoms with Crippen LogP contribution in [0.2, 0.25) is 0 Å². The number of H-pyrrole nitrogens is 1. The lowest BCUT2D eigenvalue weighted by molar-refractivity contribution is -0.131. The number of halogens is 1. The first kappa shape index (κ1) is 22.6. The fraction of sp³-hybridized carbons (Fsp3) is 0.345. The van der Waals surface area contributed by atoms with E-state index < -0.39 is 5.97 Å². The fourth-order valence-electron chi connectivity index (χ4n) is 5.54. The minimum Gasteiger partial charge on any atom is -0.478 e. The van der Waals surface area contributed by atoms with Crippen molar-refractivity contribution in [1.82, 2.24) is 9.88 Å². The molecule has 0 spiro atoms. The number of likely N-dealkylation sites (tertiary alicyclic amines) is 1. The molecule has 176 valence electrons. The van der Waals surface area contributed by atoms with Crippen LogP contribution in [0.4, 0.5) is 4.39 Å².